The lowest BCUT2D eigenvalue weighted by atomic mass is 9.97. The van der Waals surface area contributed by atoms with Gasteiger partial charge in [0, 0.05) is 0 Å². The average Bonchev–Trinajstić information content (AvgIpc) is 3.07. The van der Waals surface area contributed by atoms with E-state index in [4.69, 9.17) is 23.1 Å². The summed E-state index contributed by atoms with van der Waals surface area (Å²) >= 11 is 0. The van der Waals surface area contributed by atoms with E-state index < -0.39 is 65.2 Å². The third-order valence-electron chi connectivity index (χ3n) is 5.12. The molecular formula is C21H26F3NO8S. The van der Waals surface area contributed by atoms with Gasteiger partial charge in [0.05, 0.1) is 18.1 Å². The number of hydrogen-bond acceptors (Lipinski definition) is 8. The van der Waals surface area contributed by atoms with Gasteiger partial charge in [-0.2, -0.15) is 21.6 Å². The molecule has 2 saturated heterocycles. The molecule has 5 atom stereocenters. The Morgan fingerprint density at radius 3 is 2.41 bits per heavy atom. The monoisotopic (exact) mass is 509 g/mol. The molecule has 0 saturated carbocycles. The van der Waals surface area contributed by atoms with E-state index in [0.29, 0.717) is 0 Å². The lowest BCUT2D eigenvalue weighted by Crippen LogP contribution is -2.65. The van der Waals surface area contributed by atoms with Gasteiger partial charge >= 0.3 is 12.1 Å². The Balaban J connectivity index is 1.83. The molecule has 0 bridgehead atoms. The molecule has 0 spiro atoms. The highest BCUT2D eigenvalue weighted by molar-refractivity contribution is 7.86. The Bertz CT molecular complexity index is 996. The van der Waals surface area contributed by atoms with Crippen molar-refractivity contribution in [1.29, 1.82) is 0 Å². The van der Waals surface area contributed by atoms with Crippen molar-refractivity contribution in [1.82, 2.24) is 5.32 Å². The number of hydrogen-bond donors (Lipinski definition) is 1. The van der Waals surface area contributed by atoms with E-state index in [1.54, 1.807) is 19.1 Å². The third-order valence-corrected chi connectivity index (χ3v) is 6.41. The van der Waals surface area contributed by atoms with E-state index >= 15 is 0 Å². The van der Waals surface area contributed by atoms with Crippen LogP contribution in [0.3, 0.4) is 0 Å². The van der Waals surface area contributed by atoms with Crippen LogP contribution in [0.2, 0.25) is 0 Å². The minimum Gasteiger partial charge on any atom is -0.346 e. The maximum Gasteiger partial charge on any atom is 0.471 e. The van der Waals surface area contributed by atoms with Gasteiger partial charge in [0.25, 0.3) is 10.1 Å². The SMILES string of the molecule is C=CCO[C@H]1O[C@H](COS(=O)(=O)c2ccc(C)cc2)[C@@H]2OC(C)(C)O[C@@H]2[C@H]1NC(=O)C(F)(F)F. The first-order valence-corrected chi connectivity index (χ1v) is 11.7. The van der Waals surface area contributed by atoms with Gasteiger partial charge in [-0.3, -0.25) is 8.98 Å². The number of alkyl halides is 3. The molecule has 2 heterocycles. The zero-order chi connectivity index (χ0) is 25.3. The van der Waals surface area contributed by atoms with Gasteiger partial charge in [0.2, 0.25) is 0 Å². The number of fused-ring (bicyclic) bond motifs is 1. The van der Waals surface area contributed by atoms with Crippen molar-refractivity contribution in [3.63, 3.8) is 0 Å². The van der Waals surface area contributed by atoms with Crippen LogP contribution in [0.5, 0.6) is 0 Å². The Labute approximate surface area is 195 Å². The van der Waals surface area contributed by atoms with Gasteiger partial charge in [-0.05, 0) is 32.9 Å². The number of carbonyl (C=O) groups is 1. The molecule has 190 valence electrons. The van der Waals surface area contributed by atoms with Crippen LogP contribution in [0.15, 0.2) is 41.8 Å². The number of rotatable bonds is 8. The number of carbonyl (C=O) groups excluding carboxylic acids is 1. The van der Waals surface area contributed by atoms with Crippen LogP contribution in [-0.2, 0) is 38.0 Å². The lowest BCUT2D eigenvalue weighted by Gasteiger charge is -2.42. The zero-order valence-electron chi connectivity index (χ0n) is 18.7. The molecule has 3 rings (SSSR count). The van der Waals surface area contributed by atoms with Crippen molar-refractivity contribution in [2.75, 3.05) is 13.2 Å². The summed E-state index contributed by atoms with van der Waals surface area (Å²) < 4.78 is 91.8. The highest BCUT2D eigenvalue weighted by atomic mass is 32.2. The van der Waals surface area contributed by atoms with E-state index in [1.165, 1.54) is 32.1 Å². The molecule has 0 unspecified atom stereocenters. The van der Waals surface area contributed by atoms with Gasteiger partial charge in [0.15, 0.2) is 12.1 Å². The van der Waals surface area contributed by atoms with Crippen molar-refractivity contribution in [3.8, 4) is 0 Å². The molecule has 34 heavy (non-hydrogen) atoms. The van der Waals surface area contributed by atoms with Crippen LogP contribution in [0, 0.1) is 6.92 Å². The summed E-state index contributed by atoms with van der Waals surface area (Å²) in [5, 5.41) is 1.84. The Hall–Kier alpha value is -2.03. The summed E-state index contributed by atoms with van der Waals surface area (Å²) in [6.07, 6.45) is -8.58. The van der Waals surface area contributed by atoms with Crippen molar-refractivity contribution in [2.24, 2.45) is 0 Å². The van der Waals surface area contributed by atoms with Crippen LogP contribution >= 0.6 is 0 Å². The number of halogens is 3. The first kappa shape index (κ1) is 26.6. The van der Waals surface area contributed by atoms with Gasteiger partial charge in [-0.15, -0.1) is 6.58 Å². The van der Waals surface area contributed by atoms with Crippen molar-refractivity contribution in [2.45, 2.75) is 68.3 Å². The van der Waals surface area contributed by atoms with Crippen molar-refractivity contribution >= 4 is 16.0 Å². The predicted octanol–water partition coefficient (Wildman–Crippen LogP) is 2.20. The molecule has 2 fully saturated rings. The standard InChI is InChI=1S/C21H26F3NO8S/c1-5-10-29-18-15(25-19(26)21(22,23)24)17-16(32-20(3,4)33-17)14(31-18)11-30-34(27,28)13-8-6-12(2)7-9-13/h5-9,14-18H,1,10-11H2,2-4H3,(H,25,26)/t14-,15-,16+,17-,18+/m1/s1. The second-order valence-corrected chi connectivity index (χ2v) is 9.89. The number of benzene rings is 1. The average molecular weight is 509 g/mol. The lowest BCUT2D eigenvalue weighted by molar-refractivity contribution is -0.248. The van der Waals surface area contributed by atoms with Crippen LogP contribution < -0.4 is 5.32 Å². The highest BCUT2D eigenvalue weighted by Gasteiger charge is 2.57. The molecule has 0 radical (unpaired) electrons. The van der Waals surface area contributed by atoms with E-state index in [1.807, 2.05) is 5.32 Å². The van der Waals surface area contributed by atoms with Crippen LogP contribution in [0.4, 0.5) is 13.2 Å². The van der Waals surface area contributed by atoms with Gasteiger partial charge < -0.3 is 24.3 Å². The highest BCUT2D eigenvalue weighted by Crippen LogP contribution is 2.38. The van der Waals surface area contributed by atoms with E-state index in [-0.39, 0.29) is 11.5 Å². The molecule has 2 aliphatic rings. The minimum atomic E-state index is -5.16. The predicted molar refractivity (Wildman–Crippen MR) is 111 cm³/mol. The summed E-state index contributed by atoms with van der Waals surface area (Å²) in [6.45, 7) is 7.66. The van der Waals surface area contributed by atoms with Crippen LogP contribution in [-0.4, -0.2) is 70.1 Å². The maximum atomic E-state index is 12.9. The second-order valence-electron chi connectivity index (χ2n) is 8.28. The summed E-state index contributed by atoms with van der Waals surface area (Å²) in [6, 6.07) is 4.56. The topological polar surface area (TPSA) is 109 Å². The molecule has 9 nitrogen and oxygen atoms in total. The second kappa shape index (κ2) is 9.91. The van der Waals surface area contributed by atoms with Crippen LogP contribution in [0.25, 0.3) is 0 Å². The van der Waals surface area contributed by atoms with Gasteiger partial charge in [0.1, 0.15) is 24.4 Å². The third kappa shape index (κ3) is 6.15. The first-order chi connectivity index (χ1) is 15.7. The smallest absolute Gasteiger partial charge is 0.346 e. The van der Waals surface area contributed by atoms with Crippen molar-refractivity contribution in [3.05, 3.63) is 42.5 Å². The fourth-order valence-corrected chi connectivity index (χ4v) is 4.54. The summed E-state index contributed by atoms with van der Waals surface area (Å²) in [4.78, 5) is 11.6. The van der Waals surface area contributed by atoms with E-state index in [9.17, 15) is 26.4 Å². The van der Waals surface area contributed by atoms with Crippen molar-refractivity contribution < 1.29 is 49.5 Å². The van der Waals surface area contributed by atoms with E-state index in [2.05, 4.69) is 6.58 Å². The molecule has 2 aliphatic heterocycles. The Morgan fingerprint density at radius 1 is 1.21 bits per heavy atom. The number of amides is 1. The molecule has 1 aromatic rings. The van der Waals surface area contributed by atoms with E-state index in [0.717, 1.165) is 5.56 Å². The molecule has 1 aromatic carbocycles. The molecule has 13 heteroatoms. The number of ether oxygens (including phenoxy) is 4. The quantitative estimate of drug-likeness (QED) is 0.420. The molecule has 1 amide bonds. The largest absolute Gasteiger partial charge is 0.471 e. The zero-order valence-corrected chi connectivity index (χ0v) is 19.5. The summed E-state index contributed by atoms with van der Waals surface area (Å²) in [5.41, 5.74) is 0.852. The first-order valence-electron chi connectivity index (χ1n) is 10.3. The van der Waals surface area contributed by atoms with Gasteiger partial charge in [-0.1, -0.05) is 23.8 Å². The number of nitrogens with one attached hydrogen (secondary N) is 1. The fourth-order valence-electron chi connectivity index (χ4n) is 3.62. The maximum absolute atomic E-state index is 12.9. The minimum absolute atomic E-state index is 0.0795. The van der Waals surface area contributed by atoms with Crippen LogP contribution in [0.1, 0.15) is 19.4 Å². The molecular weight excluding hydrogens is 483 g/mol. The Morgan fingerprint density at radius 2 is 1.82 bits per heavy atom. The molecule has 0 aliphatic carbocycles. The summed E-state index contributed by atoms with van der Waals surface area (Å²) in [7, 11) is -4.17. The summed E-state index contributed by atoms with van der Waals surface area (Å²) in [5.74, 6) is -3.47. The fraction of sp³-hybridized carbons (Fsp3) is 0.571. The molecule has 1 N–H and O–H groups in total. The normalized spacial score (nSPS) is 28.8. The Kier molecular flexibility index (Phi) is 7.75. The molecule has 0 aromatic heterocycles. The van der Waals surface area contributed by atoms with Gasteiger partial charge in [-0.25, -0.2) is 0 Å². The number of aryl methyl sites for hydroxylation is 1.